The lowest BCUT2D eigenvalue weighted by molar-refractivity contribution is -0.119. The molecule has 5 nitrogen and oxygen atoms in total. The number of anilines is 1. The van der Waals surface area contributed by atoms with Crippen LogP contribution in [-0.2, 0) is 9.53 Å². The SMILES string of the molecule is COc1cc(Cl)c(C)cc1NCC(=O)NCC1CCCO1. The topological polar surface area (TPSA) is 59.6 Å². The highest BCUT2D eigenvalue weighted by Gasteiger charge is 2.16. The molecule has 0 bridgehead atoms. The summed E-state index contributed by atoms with van der Waals surface area (Å²) in [5.41, 5.74) is 1.69. The van der Waals surface area contributed by atoms with Gasteiger partial charge in [0, 0.05) is 24.2 Å². The number of benzene rings is 1. The lowest BCUT2D eigenvalue weighted by Crippen LogP contribution is -2.35. The van der Waals surface area contributed by atoms with E-state index < -0.39 is 0 Å². The number of rotatable bonds is 6. The number of carbonyl (C=O) groups is 1. The Morgan fingerprint density at radius 1 is 1.52 bits per heavy atom. The number of methoxy groups -OCH3 is 1. The lowest BCUT2D eigenvalue weighted by atomic mass is 10.2. The van der Waals surface area contributed by atoms with Crippen LogP contribution in [0.15, 0.2) is 12.1 Å². The first-order valence-corrected chi connectivity index (χ1v) is 7.44. The smallest absolute Gasteiger partial charge is 0.239 e. The van der Waals surface area contributed by atoms with Crippen molar-refractivity contribution in [1.82, 2.24) is 5.32 Å². The molecule has 2 N–H and O–H groups in total. The molecule has 0 radical (unpaired) electrons. The van der Waals surface area contributed by atoms with Crippen molar-refractivity contribution in [2.45, 2.75) is 25.9 Å². The molecule has 1 saturated heterocycles. The molecule has 6 heteroatoms. The van der Waals surface area contributed by atoms with Crippen LogP contribution in [0.3, 0.4) is 0 Å². The molecule has 1 aromatic carbocycles. The van der Waals surface area contributed by atoms with Gasteiger partial charge >= 0.3 is 0 Å². The van der Waals surface area contributed by atoms with Gasteiger partial charge in [0.1, 0.15) is 5.75 Å². The van der Waals surface area contributed by atoms with E-state index in [2.05, 4.69) is 10.6 Å². The first kappa shape index (κ1) is 15.9. The highest BCUT2D eigenvalue weighted by atomic mass is 35.5. The molecule has 0 aliphatic carbocycles. The van der Waals surface area contributed by atoms with Crippen LogP contribution < -0.4 is 15.4 Å². The van der Waals surface area contributed by atoms with Gasteiger partial charge in [0.05, 0.1) is 25.4 Å². The molecule has 0 saturated carbocycles. The van der Waals surface area contributed by atoms with Crippen molar-refractivity contribution in [3.63, 3.8) is 0 Å². The summed E-state index contributed by atoms with van der Waals surface area (Å²) in [5.74, 6) is 0.553. The van der Waals surface area contributed by atoms with Crippen LogP contribution in [-0.4, -0.2) is 38.8 Å². The number of ether oxygens (including phenoxy) is 2. The van der Waals surface area contributed by atoms with Crippen molar-refractivity contribution in [1.29, 1.82) is 0 Å². The number of hydrogen-bond acceptors (Lipinski definition) is 4. The zero-order valence-corrected chi connectivity index (χ0v) is 13.1. The Balaban J connectivity index is 1.84. The van der Waals surface area contributed by atoms with Gasteiger partial charge in [-0.15, -0.1) is 0 Å². The molecule has 116 valence electrons. The maximum absolute atomic E-state index is 11.8. The van der Waals surface area contributed by atoms with E-state index in [4.69, 9.17) is 21.1 Å². The first-order chi connectivity index (χ1) is 10.1. The van der Waals surface area contributed by atoms with Crippen LogP contribution in [0.25, 0.3) is 0 Å². The second kappa shape index (κ2) is 7.52. The Bertz CT molecular complexity index is 502. The Kier molecular flexibility index (Phi) is 5.70. The molecule has 0 aromatic heterocycles. The molecule has 1 fully saturated rings. The number of aryl methyl sites for hydroxylation is 1. The molecular formula is C15H21ClN2O3. The second-order valence-electron chi connectivity index (χ2n) is 5.09. The van der Waals surface area contributed by atoms with Crippen LogP contribution in [0.4, 0.5) is 5.69 Å². The van der Waals surface area contributed by atoms with Crippen molar-refractivity contribution >= 4 is 23.2 Å². The van der Waals surface area contributed by atoms with Crippen molar-refractivity contribution in [3.8, 4) is 5.75 Å². The summed E-state index contributed by atoms with van der Waals surface area (Å²) < 4.78 is 10.7. The Hall–Kier alpha value is -1.46. The van der Waals surface area contributed by atoms with Gasteiger partial charge in [0.15, 0.2) is 0 Å². The fourth-order valence-corrected chi connectivity index (χ4v) is 2.39. The standard InChI is InChI=1S/C15H21ClN2O3/c1-10-6-13(14(20-2)7-12(10)16)17-9-15(19)18-8-11-4-3-5-21-11/h6-7,11,17H,3-5,8-9H2,1-2H3,(H,18,19). The van der Waals surface area contributed by atoms with Crippen LogP contribution >= 0.6 is 11.6 Å². The quantitative estimate of drug-likeness (QED) is 0.846. The molecule has 1 aliphatic rings. The van der Waals surface area contributed by atoms with Crippen molar-refractivity contribution in [3.05, 3.63) is 22.7 Å². The highest BCUT2D eigenvalue weighted by Crippen LogP contribution is 2.30. The molecular weight excluding hydrogens is 292 g/mol. The molecule has 1 amide bonds. The Morgan fingerprint density at radius 2 is 2.33 bits per heavy atom. The largest absolute Gasteiger partial charge is 0.495 e. The Morgan fingerprint density at radius 3 is 3.00 bits per heavy atom. The van der Waals surface area contributed by atoms with E-state index in [1.807, 2.05) is 13.0 Å². The second-order valence-corrected chi connectivity index (χ2v) is 5.50. The molecule has 1 atom stereocenters. The summed E-state index contributed by atoms with van der Waals surface area (Å²) in [4.78, 5) is 11.8. The fraction of sp³-hybridized carbons (Fsp3) is 0.533. The van der Waals surface area contributed by atoms with Gasteiger partial charge in [-0.25, -0.2) is 0 Å². The molecule has 1 unspecified atom stereocenters. The molecule has 1 aromatic rings. The van der Waals surface area contributed by atoms with E-state index in [9.17, 15) is 4.79 Å². The number of hydrogen-bond donors (Lipinski definition) is 2. The number of carbonyl (C=O) groups excluding carboxylic acids is 1. The van der Waals surface area contributed by atoms with E-state index in [0.29, 0.717) is 17.3 Å². The molecule has 21 heavy (non-hydrogen) atoms. The van der Waals surface area contributed by atoms with E-state index in [1.165, 1.54) is 0 Å². The number of amides is 1. The predicted molar refractivity (Wildman–Crippen MR) is 83.2 cm³/mol. The third-order valence-electron chi connectivity index (χ3n) is 3.47. The minimum atomic E-state index is -0.0693. The van der Waals surface area contributed by atoms with E-state index >= 15 is 0 Å². The average molecular weight is 313 g/mol. The zero-order valence-electron chi connectivity index (χ0n) is 12.4. The van der Waals surface area contributed by atoms with Crippen LogP contribution in [0.1, 0.15) is 18.4 Å². The monoisotopic (exact) mass is 312 g/mol. The summed E-state index contributed by atoms with van der Waals surface area (Å²) in [6, 6.07) is 3.61. The maximum Gasteiger partial charge on any atom is 0.239 e. The van der Waals surface area contributed by atoms with Gasteiger partial charge in [-0.05, 0) is 31.4 Å². The average Bonchev–Trinajstić information content (AvgIpc) is 2.99. The van der Waals surface area contributed by atoms with Crippen molar-refractivity contribution < 1.29 is 14.3 Å². The summed E-state index contributed by atoms with van der Waals surface area (Å²) in [6.07, 6.45) is 2.24. The normalized spacial score (nSPS) is 17.6. The van der Waals surface area contributed by atoms with Crippen molar-refractivity contribution in [2.75, 3.05) is 32.1 Å². The van der Waals surface area contributed by atoms with Gasteiger partial charge in [-0.2, -0.15) is 0 Å². The maximum atomic E-state index is 11.8. The van der Waals surface area contributed by atoms with Crippen LogP contribution in [0, 0.1) is 6.92 Å². The summed E-state index contributed by atoms with van der Waals surface area (Å²) in [6.45, 7) is 3.45. The molecule has 2 rings (SSSR count). The minimum Gasteiger partial charge on any atom is -0.495 e. The number of halogens is 1. The van der Waals surface area contributed by atoms with Gasteiger partial charge in [-0.3, -0.25) is 4.79 Å². The summed E-state index contributed by atoms with van der Waals surface area (Å²) in [7, 11) is 1.57. The molecule has 1 heterocycles. The predicted octanol–water partition coefficient (Wildman–Crippen LogP) is 2.36. The van der Waals surface area contributed by atoms with Crippen molar-refractivity contribution in [2.24, 2.45) is 0 Å². The van der Waals surface area contributed by atoms with E-state index in [0.717, 1.165) is 30.7 Å². The molecule has 1 aliphatic heterocycles. The third kappa shape index (κ3) is 4.51. The number of nitrogens with one attached hydrogen (secondary N) is 2. The van der Waals surface area contributed by atoms with Gasteiger partial charge in [0.2, 0.25) is 5.91 Å². The molecule has 0 spiro atoms. The zero-order chi connectivity index (χ0) is 15.2. The summed E-state index contributed by atoms with van der Waals surface area (Å²) >= 11 is 6.05. The van der Waals surface area contributed by atoms with Gasteiger partial charge in [-0.1, -0.05) is 11.6 Å². The third-order valence-corrected chi connectivity index (χ3v) is 3.88. The van der Waals surface area contributed by atoms with Gasteiger partial charge in [0.25, 0.3) is 0 Å². The highest BCUT2D eigenvalue weighted by molar-refractivity contribution is 6.31. The van der Waals surface area contributed by atoms with Gasteiger partial charge < -0.3 is 20.1 Å². The summed E-state index contributed by atoms with van der Waals surface area (Å²) in [5, 5.41) is 6.58. The fourth-order valence-electron chi connectivity index (χ4n) is 2.24. The lowest BCUT2D eigenvalue weighted by Gasteiger charge is -2.14. The van der Waals surface area contributed by atoms with E-state index in [-0.39, 0.29) is 18.6 Å². The van der Waals surface area contributed by atoms with Crippen LogP contribution in [0.2, 0.25) is 5.02 Å². The van der Waals surface area contributed by atoms with E-state index in [1.54, 1.807) is 13.2 Å². The Labute approximate surface area is 130 Å². The first-order valence-electron chi connectivity index (χ1n) is 7.06. The van der Waals surface area contributed by atoms with Crippen LogP contribution in [0.5, 0.6) is 5.75 Å². The minimum absolute atomic E-state index is 0.0693.